The van der Waals surface area contributed by atoms with Crippen molar-refractivity contribution in [2.75, 3.05) is 105 Å². The SMILES string of the molecule is C=C(CN1CCOCCN(CC(=O)O)CCN(CC(=O)O)CCOCCN(CC(=O)O)CC1)C(C)C. The second kappa shape index (κ2) is 18.2. The molecule has 1 fully saturated rings. The highest BCUT2D eigenvalue weighted by molar-refractivity contribution is 5.69. The van der Waals surface area contributed by atoms with Gasteiger partial charge in [-0.3, -0.25) is 34.0 Å². The lowest BCUT2D eigenvalue weighted by Crippen LogP contribution is -2.43. The van der Waals surface area contributed by atoms with Gasteiger partial charge in [-0.15, -0.1) is 0 Å². The van der Waals surface area contributed by atoms with Crippen LogP contribution >= 0.6 is 0 Å². The van der Waals surface area contributed by atoms with Crippen molar-refractivity contribution in [1.29, 1.82) is 0 Å². The van der Waals surface area contributed by atoms with Crippen molar-refractivity contribution in [2.24, 2.45) is 5.92 Å². The molecule has 0 spiro atoms. The number of hydrogen-bond acceptors (Lipinski definition) is 9. The van der Waals surface area contributed by atoms with Gasteiger partial charge in [-0.1, -0.05) is 26.0 Å². The number of carboxylic acids is 3. The number of hydrogen-bond donors (Lipinski definition) is 3. The quantitative estimate of drug-likeness (QED) is 0.346. The normalized spacial score (nSPS) is 20.0. The minimum atomic E-state index is -0.970. The summed E-state index contributed by atoms with van der Waals surface area (Å²) < 4.78 is 11.5. The van der Waals surface area contributed by atoms with Gasteiger partial charge < -0.3 is 24.8 Å². The molecule has 0 aromatic carbocycles. The van der Waals surface area contributed by atoms with Gasteiger partial charge in [0.25, 0.3) is 0 Å². The van der Waals surface area contributed by atoms with E-state index in [0.29, 0.717) is 84.6 Å². The Morgan fingerprint density at radius 1 is 0.611 bits per heavy atom. The molecule has 0 unspecified atom stereocenters. The summed E-state index contributed by atoms with van der Waals surface area (Å²) >= 11 is 0. The van der Waals surface area contributed by atoms with E-state index in [1.165, 1.54) is 0 Å². The first kappa shape index (κ1) is 31.9. The highest BCUT2D eigenvalue weighted by Gasteiger charge is 2.17. The summed E-state index contributed by atoms with van der Waals surface area (Å²) in [5.74, 6) is -2.50. The fourth-order valence-electron chi connectivity index (χ4n) is 3.67. The molecule has 0 atom stereocenters. The standard InChI is InChI=1S/C24H44N4O8/c1-20(2)21(3)16-25-4-5-26(17-22(29)30)9-14-36-15-11-28(19-24(33)34)7-6-27(18-23(31)32)10-13-35-12-8-25/h20H,3-19H2,1-2H3,(H,29,30)(H,31,32)(H,33,34). The molecule has 1 heterocycles. The van der Waals surface area contributed by atoms with E-state index in [1.807, 2.05) is 4.90 Å². The van der Waals surface area contributed by atoms with Crippen LogP contribution in [0.3, 0.4) is 0 Å². The monoisotopic (exact) mass is 516 g/mol. The van der Waals surface area contributed by atoms with Gasteiger partial charge >= 0.3 is 17.9 Å². The smallest absolute Gasteiger partial charge is 0.317 e. The van der Waals surface area contributed by atoms with Crippen LogP contribution in [0.4, 0.5) is 0 Å². The van der Waals surface area contributed by atoms with Crippen LogP contribution < -0.4 is 0 Å². The number of rotatable bonds is 9. The zero-order valence-electron chi connectivity index (χ0n) is 21.8. The lowest BCUT2D eigenvalue weighted by atomic mass is 10.1. The minimum absolute atomic E-state index is 0.0939. The molecule has 12 heteroatoms. The van der Waals surface area contributed by atoms with E-state index in [4.69, 9.17) is 9.47 Å². The molecule has 1 aliphatic heterocycles. The number of nitrogens with zero attached hydrogens (tertiary/aromatic N) is 4. The molecule has 0 radical (unpaired) electrons. The average molecular weight is 517 g/mol. The molecule has 12 nitrogen and oxygen atoms in total. The molecule has 3 N–H and O–H groups in total. The maximum atomic E-state index is 11.4. The molecule has 0 bridgehead atoms. The van der Waals surface area contributed by atoms with E-state index in [0.717, 1.165) is 5.57 Å². The molecule has 36 heavy (non-hydrogen) atoms. The lowest BCUT2D eigenvalue weighted by molar-refractivity contribution is -0.140. The topological polar surface area (TPSA) is 143 Å². The van der Waals surface area contributed by atoms with E-state index in [1.54, 1.807) is 9.80 Å². The minimum Gasteiger partial charge on any atom is -0.480 e. The van der Waals surface area contributed by atoms with Crippen molar-refractivity contribution in [3.05, 3.63) is 12.2 Å². The van der Waals surface area contributed by atoms with Crippen LogP contribution in [0.2, 0.25) is 0 Å². The third-order valence-corrected chi connectivity index (χ3v) is 5.99. The highest BCUT2D eigenvalue weighted by atomic mass is 16.5. The molecular weight excluding hydrogens is 472 g/mol. The summed E-state index contributed by atoms with van der Waals surface area (Å²) in [6.45, 7) is 13.8. The molecule has 0 aliphatic carbocycles. The first-order valence-corrected chi connectivity index (χ1v) is 12.4. The molecule has 0 aromatic rings. The van der Waals surface area contributed by atoms with E-state index in [-0.39, 0.29) is 26.2 Å². The average Bonchev–Trinajstić information content (AvgIpc) is 2.77. The second-order valence-electron chi connectivity index (χ2n) is 9.32. The summed E-state index contributed by atoms with van der Waals surface area (Å²) in [4.78, 5) is 41.4. The van der Waals surface area contributed by atoms with Crippen LogP contribution in [-0.4, -0.2) is 158 Å². The number of carboxylic acid groups (broad SMARTS) is 3. The third-order valence-electron chi connectivity index (χ3n) is 5.99. The van der Waals surface area contributed by atoms with Gasteiger partial charge in [0.05, 0.1) is 46.1 Å². The molecule has 0 saturated carbocycles. The maximum absolute atomic E-state index is 11.4. The van der Waals surface area contributed by atoms with Crippen LogP contribution in [0.15, 0.2) is 12.2 Å². The predicted molar refractivity (Wildman–Crippen MR) is 134 cm³/mol. The van der Waals surface area contributed by atoms with Crippen molar-refractivity contribution < 1.29 is 39.2 Å². The van der Waals surface area contributed by atoms with Crippen LogP contribution in [0.25, 0.3) is 0 Å². The van der Waals surface area contributed by atoms with Gasteiger partial charge in [0.2, 0.25) is 0 Å². The first-order chi connectivity index (χ1) is 17.1. The Morgan fingerprint density at radius 2 is 0.889 bits per heavy atom. The Balaban J connectivity index is 2.87. The molecular formula is C24H44N4O8. The zero-order chi connectivity index (χ0) is 26.9. The van der Waals surface area contributed by atoms with Gasteiger partial charge in [-0.05, 0) is 5.92 Å². The van der Waals surface area contributed by atoms with Gasteiger partial charge in [-0.2, -0.15) is 0 Å². The molecule has 0 aromatic heterocycles. The van der Waals surface area contributed by atoms with E-state index < -0.39 is 17.9 Å². The van der Waals surface area contributed by atoms with Crippen molar-refractivity contribution >= 4 is 17.9 Å². The summed E-state index contributed by atoms with van der Waals surface area (Å²) in [5, 5.41) is 27.8. The fraction of sp³-hybridized carbons (Fsp3) is 0.792. The highest BCUT2D eigenvalue weighted by Crippen LogP contribution is 2.09. The van der Waals surface area contributed by atoms with Crippen LogP contribution in [0.5, 0.6) is 0 Å². The van der Waals surface area contributed by atoms with Crippen LogP contribution in [0, 0.1) is 5.92 Å². The molecule has 1 rings (SSSR count). The maximum Gasteiger partial charge on any atom is 0.317 e. The summed E-state index contributed by atoms with van der Waals surface area (Å²) in [7, 11) is 0. The summed E-state index contributed by atoms with van der Waals surface area (Å²) in [5.41, 5.74) is 1.09. The number of aliphatic carboxylic acids is 3. The molecule has 208 valence electrons. The van der Waals surface area contributed by atoms with E-state index in [9.17, 15) is 29.7 Å². The van der Waals surface area contributed by atoms with E-state index in [2.05, 4.69) is 25.3 Å². The fourth-order valence-corrected chi connectivity index (χ4v) is 3.67. The largest absolute Gasteiger partial charge is 0.480 e. The van der Waals surface area contributed by atoms with Crippen LogP contribution in [-0.2, 0) is 23.9 Å². The van der Waals surface area contributed by atoms with Crippen molar-refractivity contribution in [1.82, 2.24) is 19.6 Å². The molecule has 0 amide bonds. The second-order valence-corrected chi connectivity index (χ2v) is 9.32. The Hall–Kier alpha value is -2.09. The summed E-state index contributed by atoms with van der Waals surface area (Å²) in [6.07, 6.45) is 0. The Morgan fingerprint density at radius 3 is 1.14 bits per heavy atom. The molecule has 1 saturated heterocycles. The van der Waals surface area contributed by atoms with Gasteiger partial charge in [-0.25, -0.2) is 0 Å². The predicted octanol–water partition coefficient (Wildman–Crippen LogP) is -0.293. The first-order valence-electron chi connectivity index (χ1n) is 12.4. The Bertz CT molecular complexity index is 691. The Kier molecular flexibility index (Phi) is 16.1. The number of carbonyl (C=O) groups is 3. The van der Waals surface area contributed by atoms with Crippen molar-refractivity contribution in [3.63, 3.8) is 0 Å². The third kappa shape index (κ3) is 15.8. The molecule has 1 aliphatic rings. The van der Waals surface area contributed by atoms with Gasteiger partial charge in [0.1, 0.15) is 0 Å². The van der Waals surface area contributed by atoms with Gasteiger partial charge in [0.15, 0.2) is 0 Å². The van der Waals surface area contributed by atoms with Gasteiger partial charge in [0, 0.05) is 58.9 Å². The van der Waals surface area contributed by atoms with Crippen molar-refractivity contribution in [2.45, 2.75) is 13.8 Å². The van der Waals surface area contributed by atoms with Crippen molar-refractivity contribution in [3.8, 4) is 0 Å². The number of ether oxygens (including phenoxy) is 2. The zero-order valence-corrected chi connectivity index (χ0v) is 21.8. The Labute approximate surface area is 214 Å². The van der Waals surface area contributed by atoms with Crippen LogP contribution in [0.1, 0.15) is 13.8 Å². The van der Waals surface area contributed by atoms with E-state index >= 15 is 0 Å². The summed E-state index contributed by atoms with van der Waals surface area (Å²) in [6, 6.07) is 0. The lowest BCUT2D eigenvalue weighted by Gasteiger charge is -2.29.